The Bertz CT molecular complexity index is 1380. The smallest absolute Gasteiger partial charge is 0.290 e. The van der Waals surface area contributed by atoms with Gasteiger partial charge in [0.05, 0.1) is 18.2 Å². The Hall–Kier alpha value is -4.36. The molecule has 0 radical (unpaired) electrons. The molecule has 3 aromatic rings. The van der Waals surface area contributed by atoms with Gasteiger partial charge in [-0.15, -0.1) is 0 Å². The predicted octanol–water partition coefficient (Wildman–Crippen LogP) is 5.98. The van der Waals surface area contributed by atoms with E-state index < -0.39 is 23.5 Å². The van der Waals surface area contributed by atoms with Crippen LogP contribution in [0.1, 0.15) is 43.5 Å². The van der Waals surface area contributed by atoms with E-state index in [2.05, 4.69) is 18.7 Å². The van der Waals surface area contributed by atoms with E-state index in [-0.39, 0.29) is 5.57 Å². The van der Waals surface area contributed by atoms with Crippen LogP contribution in [0.3, 0.4) is 0 Å². The molecule has 0 saturated heterocycles. The van der Waals surface area contributed by atoms with Crippen LogP contribution in [0.5, 0.6) is 11.5 Å². The summed E-state index contributed by atoms with van der Waals surface area (Å²) in [5.74, 6) is -0.420. The Balaban J connectivity index is 1.69. The monoisotopic (exact) mass is 554 g/mol. The Morgan fingerprint density at radius 1 is 0.927 bits per heavy atom. The summed E-state index contributed by atoms with van der Waals surface area (Å²) in [6.45, 7) is 9.41. The predicted molar refractivity (Wildman–Crippen MR) is 161 cm³/mol. The van der Waals surface area contributed by atoms with Crippen molar-refractivity contribution in [3.8, 4) is 11.5 Å². The molecule has 0 saturated carbocycles. The molecule has 1 amide bonds. The van der Waals surface area contributed by atoms with Crippen molar-refractivity contribution in [2.45, 2.75) is 33.4 Å². The van der Waals surface area contributed by atoms with Crippen LogP contribution < -0.4 is 9.47 Å². The lowest BCUT2D eigenvalue weighted by molar-refractivity contribution is -0.129. The summed E-state index contributed by atoms with van der Waals surface area (Å²) in [7, 11) is 0. The second kappa shape index (κ2) is 14.3. The highest BCUT2D eigenvalue weighted by Crippen LogP contribution is 2.41. The number of rotatable bonds is 14. The van der Waals surface area contributed by atoms with Crippen LogP contribution in [0.25, 0.3) is 6.08 Å². The zero-order valence-electron chi connectivity index (χ0n) is 24.0. The fourth-order valence-corrected chi connectivity index (χ4v) is 4.91. The largest absolute Gasteiger partial charge is 0.503 e. The third kappa shape index (κ3) is 7.24. The van der Waals surface area contributed by atoms with Gasteiger partial charge >= 0.3 is 0 Å². The van der Waals surface area contributed by atoms with E-state index in [0.29, 0.717) is 43.4 Å². The van der Waals surface area contributed by atoms with E-state index in [1.54, 1.807) is 23.1 Å². The molecular weight excluding hydrogens is 516 g/mol. The number of ether oxygens (including phenoxy) is 2. The summed E-state index contributed by atoms with van der Waals surface area (Å²) in [5.41, 5.74) is 2.59. The number of aliphatic hydroxyl groups is 1. The minimum absolute atomic E-state index is 0.0575. The molecule has 7 nitrogen and oxygen atoms in total. The Morgan fingerprint density at radius 3 is 2.27 bits per heavy atom. The van der Waals surface area contributed by atoms with Crippen LogP contribution >= 0.6 is 0 Å². The first-order valence-corrected chi connectivity index (χ1v) is 14.1. The summed E-state index contributed by atoms with van der Waals surface area (Å²) in [6, 6.07) is 23.9. The number of aliphatic hydroxyl groups excluding tert-OH is 1. The van der Waals surface area contributed by atoms with E-state index in [9.17, 15) is 14.7 Å². The maximum absolute atomic E-state index is 13.5. The second-order valence-corrected chi connectivity index (χ2v) is 9.71. The van der Waals surface area contributed by atoms with Crippen molar-refractivity contribution in [3.05, 3.63) is 113 Å². The van der Waals surface area contributed by atoms with Gasteiger partial charge in [-0.1, -0.05) is 86.7 Å². The summed E-state index contributed by atoms with van der Waals surface area (Å²) < 4.78 is 12.0. The topological polar surface area (TPSA) is 79.3 Å². The minimum Gasteiger partial charge on any atom is -0.503 e. The van der Waals surface area contributed by atoms with E-state index in [0.717, 1.165) is 24.2 Å². The molecule has 0 fully saturated rings. The number of likely N-dealkylation sites (N-methyl/N-ethyl adjacent to an activating group) is 1. The normalized spacial score (nSPS) is 15.3. The van der Waals surface area contributed by atoms with Crippen molar-refractivity contribution in [2.24, 2.45) is 0 Å². The molecule has 0 bridgehead atoms. The quantitative estimate of drug-likeness (QED) is 0.247. The van der Waals surface area contributed by atoms with Crippen molar-refractivity contribution in [1.29, 1.82) is 0 Å². The van der Waals surface area contributed by atoms with Gasteiger partial charge in [-0.05, 0) is 54.9 Å². The zero-order chi connectivity index (χ0) is 29.2. The van der Waals surface area contributed by atoms with Crippen LogP contribution in [0.2, 0.25) is 0 Å². The van der Waals surface area contributed by atoms with Crippen molar-refractivity contribution < 1.29 is 24.2 Å². The lowest BCUT2D eigenvalue weighted by Gasteiger charge is -2.29. The average Bonchev–Trinajstić information content (AvgIpc) is 3.26. The van der Waals surface area contributed by atoms with Crippen molar-refractivity contribution in [1.82, 2.24) is 9.80 Å². The first kappa shape index (κ1) is 29.6. The molecule has 0 aromatic heterocycles. The summed E-state index contributed by atoms with van der Waals surface area (Å²) in [4.78, 5) is 30.7. The number of allylic oxidation sites excluding steroid dienone is 1. The SMILES string of the molecule is CCOc1cc(C2C(C(=O)C=Cc3ccccc3)=C(O)C(=O)N2CCN(CC)CC)ccc1OCc1ccccc1. The van der Waals surface area contributed by atoms with Crippen LogP contribution in [0.15, 0.2) is 96.3 Å². The van der Waals surface area contributed by atoms with Gasteiger partial charge in [0.15, 0.2) is 23.0 Å². The fourth-order valence-electron chi connectivity index (χ4n) is 4.91. The lowest BCUT2D eigenvalue weighted by Crippen LogP contribution is -2.38. The Morgan fingerprint density at radius 2 is 1.61 bits per heavy atom. The van der Waals surface area contributed by atoms with Gasteiger partial charge in [0, 0.05) is 13.1 Å². The van der Waals surface area contributed by atoms with Gasteiger partial charge in [-0.25, -0.2) is 0 Å². The Labute approximate surface area is 242 Å². The maximum Gasteiger partial charge on any atom is 0.290 e. The number of benzene rings is 3. The number of carbonyl (C=O) groups is 2. The van der Waals surface area contributed by atoms with Crippen molar-refractivity contribution in [2.75, 3.05) is 32.8 Å². The third-order valence-corrected chi connectivity index (χ3v) is 7.17. The van der Waals surface area contributed by atoms with Crippen LogP contribution in [-0.2, 0) is 16.2 Å². The number of hydrogen-bond acceptors (Lipinski definition) is 6. The van der Waals surface area contributed by atoms with E-state index in [1.165, 1.54) is 6.08 Å². The lowest BCUT2D eigenvalue weighted by atomic mass is 9.95. The van der Waals surface area contributed by atoms with E-state index in [1.807, 2.05) is 73.7 Å². The summed E-state index contributed by atoms with van der Waals surface area (Å²) in [6.07, 6.45) is 3.10. The Kier molecular flexibility index (Phi) is 10.3. The third-order valence-electron chi connectivity index (χ3n) is 7.17. The van der Waals surface area contributed by atoms with Gasteiger partial charge in [-0.3, -0.25) is 9.59 Å². The maximum atomic E-state index is 13.5. The summed E-state index contributed by atoms with van der Waals surface area (Å²) >= 11 is 0. The molecule has 1 aliphatic rings. The molecule has 0 aliphatic carbocycles. The molecule has 0 spiro atoms. The molecule has 1 atom stereocenters. The highest BCUT2D eigenvalue weighted by Gasteiger charge is 2.43. The summed E-state index contributed by atoms with van der Waals surface area (Å²) in [5, 5.41) is 11.0. The number of hydrogen-bond donors (Lipinski definition) is 1. The molecule has 3 aromatic carbocycles. The van der Waals surface area contributed by atoms with Crippen molar-refractivity contribution >= 4 is 17.8 Å². The van der Waals surface area contributed by atoms with Crippen LogP contribution in [0.4, 0.5) is 0 Å². The zero-order valence-corrected chi connectivity index (χ0v) is 24.0. The van der Waals surface area contributed by atoms with Gasteiger partial charge in [-0.2, -0.15) is 0 Å². The first-order valence-electron chi connectivity index (χ1n) is 14.1. The standard InChI is InChI=1S/C34H38N2O5/c1-4-35(5-2)21-22-36-32(31(33(38)34(36)39)28(37)19-17-25-13-9-7-10-14-25)27-18-20-29(30(23-27)40-6-3)41-24-26-15-11-8-12-16-26/h7-20,23,32,38H,4-6,21-22,24H2,1-3H3. The molecular formula is C34H38N2O5. The molecule has 1 heterocycles. The number of carbonyl (C=O) groups excluding carboxylic acids is 2. The van der Waals surface area contributed by atoms with E-state index in [4.69, 9.17) is 9.47 Å². The molecule has 7 heteroatoms. The molecule has 214 valence electrons. The van der Waals surface area contributed by atoms with Gasteiger partial charge in [0.25, 0.3) is 5.91 Å². The van der Waals surface area contributed by atoms with Gasteiger partial charge in [0.1, 0.15) is 6.61 Å². The first-order chi connectivity index (χ1) is 20.0. The number of nitrogens with zero attached hydrogens (tertiary/aromatic N) is 2. The highest BCUT2D eigenvalue weighted by atomic mass is 16.5. The van der Waals surface area contributed by atoms with Crippen LogP contribution in [0, 0.1) is 0 Å². The average molecular weight is 555 g/mol. The van der Waals surface area contributed by atoms with Crippen LogP contribution in [-0.4, -0.2) is 59.4 Å². The van der Waals surface area contributed by atoms with E-state index >= 15 is 0 Å². The van der Waals surface area contributed by atoms with Crippen molar-refractivity contribution in [3.63, 3.8) is 0 Å². The van der Waals surface area contributed by atoms with Gasteiger partial charge in [0.2, 0.25) is 0 Å². The fraction of sp³-hybridized carbons (Fsp3) is 0.294. The molecule has 1 aliphatic heterocycles. The molecule has 1 N–H and O–H groups in total. The molecule has 4 rings (SSSR count). The highest BCUT2D eigenvalue weighted by molar-refractivity contribution is 6.14. The number of amides is 1. The molecule has 1 unspecified atom stereocenters. The minimum atomic E-state index is -0.770. The number of ketones is 1. The second-order valence-electron chi connectivity index (χ2n) is 9.71. The molecule has 41 heavy (non-hydrogen) atoms. The van der Waals surface area contributed by atoms with Gasteiger partial charge < -0.3 is 24.4 Å².